The molecule has 0 spiro atoms. The first kappa shape index (κ1) is 9.97. The topological polar surface area (TPSA) is 47.0 Å². The Balaban J connectivity index is 2.96. The summed E-state index contributed by atoms with van der Waals surface area (Å²) < 4.78 is 47.4. The summed E-state index contributed by atoms with van der Waals surface area (Å²) in [4.78, 5) is 3.04. The summed E-state index contributed by atoms with van der Waals surface area (Å²) in [5.74, 6) is -0.634. The van der Waals surface area contributed by atoms with E-state index in [9.17, 15) is 16.7 Å². The van der Waals surface area contributed by atoms with Crippen LogP contribution in [0.2, 0.25) is 0 Å². The highest BCUT2D eigenvalue weighted by Gasteiger charge is 2.17. The number of hydrogen-bond acceptors (Lipinski definition) is 3. The highest BCUT2D eigenvalue weighted by atomic mass is 32.3. The van der Waals surface area contributed by atoms with E-state index in [0.717, 1.165) is 18.3 Å². The molecule has 2 rings (SSSR count). The predicted molar refractivity (Wildman–Crippen MR) is 50.0 cm³/mol. The van der Waals surface area contributed by atoms with Crippen LogP contribution in [-0.2, 0) is 10.2 Å². The van der Waals surface area contributed by atoms with E-state index < -0.39 is 20.9 Å². The molecular formula is C9H5F2NO2S. The van der Waals surface area contributed by atoms with E-state index in [1.165, 1.54) is 12.1 Å². The van der Waals surface area contributed by atoms with Gasteiger partial charge in [0.25, 0.3) is 0 Å². The largest absolute Gasteiger partial charge is 0.334 e. The Morgan fingerprint density at radius 1 is 1.20 bits per heavy atom. The van der Waals surface area contributed by atoms with E-state index in [0.29, 0.717) is 0 Å². The molecule has 0 saturated heterocycles. The summed E-state index contributed by atoms with van der Waals surface area (Å²) in [5, 5.41) is -0.0174. The standard InChI is InChI=1S/C9H5F2NO2S/c10-7-4-5-12-9-6(7)2-1-3-8(9)15(11,13)14/h1-5H. The third kappa shape index (κ3) is 1.68. The molecule has 0 aliphatic heterocycles. The molecule has 0 saturated carbocycles. The molecule has 0 radical (unpaired) electrons. The zero-order valence-corrected chi connectivity index (χ0v) is 8.13. The molecule has 0 amide bonds. The second kappa shape index (κ2) is 3.23. The van der Waals surface area contributed by atoms with Gasteiger partial charge in [0.15, 0.2) is 0 Å². The average Bonchev–Trinajstić information content (AvgIpc) is 2.16. The van der Waals surface area contributed by atoms with Crippen LogP contribution in [0.4, 0.5) is 8.28 Å². The van der Waals surface area contributed by atoms with Crippen molar-refractivity contribution in [3.63, 3.8) is 0 Å². The fourth-order valence-electron chi connectivity index (χ4n) is 1.31. The molecular weight excluding hydrogens is 224 g/mol. The Morgan fingerprint density at radius 2 is 1.93 bits per heavy atom. The number of fused-ring (bicyclic) bond motifs is 1. The van der Waals surface area contributed by atoms with Gasteiger partial charge in [-0.3, -0.25) is 4.98 Å². The van der Waals surface area contributed by atoms with Crippen molar-refractivity contribution in [2.24, 2.45) is 0 Å². The van der Waals surface area contributed by atoms with Crippen LogP contribution in [0.15, 0.2) is 35.4 Å². The fraction of sp³-hybridized carbons (Fsp3) is 0. The Kier molecular flexibility index (Phi) is 2.15. The summed E-state index contributed by atoms with van der Waals surface area (Å²) in [7, 11) is -4.88. The smallest absolute Gasteiger partial charge is 0.255 e. The molecule has 3 nitrogen and oxygen atoms in total. The molecule has 1 aromatic carbocycles. The van der Waals surface area contributed by atoms with Crippen LogP contribution in [0.1, 0.15) is 0 Å². The van der Waals surface area contributed by atoms with Gasteiger partial charge in [0.05, 0.1) is 5.52 Å². The zero-order chi connectivity index (χ0) is 11.1. The van der Waals surface area contributed by atoms with Crippen LogP contribution in [-0.4, -0.2) is 13.4 Å². The quantitative estimate of drug-likeness (QED) is 0.703. The van der Waals surface area contributed by atoms with Gasteiger partial charge < -0.3 is 0 Å². The average molecular weight is 229 g/mol. The van der Waals surface area contributed by atoms with Crippen molar-refractivity contribution in [2.75, 3.05) is 0 Å². The van der Waals surface area contributed by atoms with Crippen LogP contribution in [0.25, 0.3) is 10.9 Å². The van der Waals surface area contributed by atoms with Crippen LogP contribution in [0.3, 0.4) is 0 Å². The first-order chi connectivity index (χ1) is 7.00. The summed E-state index contributed by atoms with van der Waals surface area (Å²) in [6.45, 7) is 0. The first-order valence-electron chi connectivity index (χ1n) is 3.98. The molecule has 0 unspecified atom stereocenters. The van der Waals surface area contributed by atoms with Crippen molar-refractivity contribution in [3.8, 4) is 0 Å². The third-order valence-electron chi connectivity index (χ3n) is 1.94. The minimum Gasteiger partial charge on any atom is -0.255 e. The molecule has 0 aliphatic carbocycles. The number of hydrogen-bond donors (Lipinski definition) is 0. The number of para-hydroxylation sites is 1. The summed E-state index contributed by atoms with van der Waals surface area (Å²) in [6.07, 6.45) is 1.09. The minimum atomic E-state index is -4.88. The fourth-order valence-corrected chi connectivity index (χ4v) is 1.95. The monoisotopic (exact) mass is 229 g/mol. The molecule has 0 aliphatic rings. The van der Waals surface area contributed by atoms with E-state index in [1.807, 2.05) is 0 Å². The van der Waals surface area contributed by atoms with Crippen LogP contribution < -0.4 is 0 Å². The van der Waals surface area contributed by atoms with Crippen molar-refractivity contribution in [3.05, 3.63) is 36.3 Å². The van der Waals surface area contributed by atoms with Crippen molar-refractivity contribution < 1.29 is 16.7 Å². The predicted octanol–water partition coefficient (Wildman–Crippen LogP) is 2.03. The Hall–Kier alpha value is -1.56. The molecule has 2 aromatic rings. The molecule has 78 valence electrons. The zero-order valence-electron chi connectivity index (χ0n) is 7.31. The van der Waals surface area contributed by atoms with E-state index in [2.05, 4.69) is 4.98 Å². The SMILES string of the molecule is O=S(=O)(F)c1cccc2c(F)ccnc12. The van der Waals surface area contributed by atoms with Gasteiger partial charge in [0.2, 0.25) is 0 Å². The lowest BCUT2D eigenvalue weighted by Gasteiger charge is -2.01. The van der Waals surface area contributed by atoms with Gasteiger partial charge in [0.1, 0.15) is 10.7 Å². The number of pyridine rings is 1. The molecule has 15 heavy (non-hydrogen) atoms. The molecule has 0 N–H and O–H groups in total. The van der Waals surface area contributed by atoms with Gasteiger partial charge in [-0.25, -0.2) is 4.39 Å². The Labute approximate surface area is 84.6 Å². The molecule has 0 atom stereocenters. The number of benzene rings is 1. The van der Waals surface area contributed by atoms with Crippen LogP contribution in [0.5, 0.6) is 0 Å². The van der Waals surface area contributed by atoms with Crippen LogP contribution >= 0.6 is 0 Å². The van der Waals surface area contributed by atoms with E-state index >= 15 is 0 Å². The highest BCUT2D eigenvalue weighted by Crippen LogP contribution is 2.23. The number of halogens is 2. The van der Waals surface area contributed by atoms with E-state index in [-0.39, 0.29) is 10.9 Å². The van der Waals surface area contributed by atoms with Gasteiger partial charge in [0, 0.05) is 11.6 Å². The second-order valence-electron chi connectivity index (χ2n) is 2.88. The molecule has 0 bridgehead atoms. The first-order valence-corrected chi connectivity index (χ1v) is 5.36. The minimum absolute atomic E-state index is 0.0174. The molecule has 0 fully saturated rings. The van der Waals surface area contributed by atoms with Gasteiger partial charge in [-0.2, -0.15) is 8.42 Å². The Morgan fingerprint density at radius 3 is 2.60 bits per heavy atom. The number of rotatable bonds is 1. The van der Waals surface area contributed by atoms with Gasteiger partial charge >= 0.3 is 10.2 Å². The Bertz CT molecular complexity index is 625. The number of nitrogens with zero attached hydrogens (tertiary/aromatic N) is 1. The summed E-state index contributed by atoms with van der Waals surface area (Å²) in [6, 6.07) is 4.73. The normalized spacial score (nSPS) is 11.9. The lowest BCUT2D eigenvalue weighted by atomic mass is 10.2. The number of aromatic nitrogens is 1. The van der Waals surface area contributed by atoms with E-state index in [4.69, 9.17) is 0 Å². The van der Waals surface area contributed by atoms with Gasteiger partial charge in [-0.1, -0.05) is 6.07 Å². The van der Waals surface area contributed by atoms with Gasteiger partial charge in [-0.05, 0) is 18.2 Å². The lowest BCUT2D eigenvalue weighted by Crippen LogP contribution is -1.95. The van der Waals surface area contributed by atoms with Crippen molar-refractivity contribution in [1.82, 2.24) is 4.98 Å². The summed E-state index contributed by atoms with van der Waals surface area (Å²) in [5.41, 5.74) is -0.194. The molecule has 1 heterocycles. The van der Waals surface area contributed by atoms with E-state index in [1.54, 1.807) is 0 Å². The van der Waals surface area contributed by atoms with Crippen LogP contribution in [0, 0.1) is 5.82 Å². The molecule has 1 aromatic heterocycles. The van der Waals surface area contributed by atoms with Crippen molar-refractivity contribution in [1.29, 1.82) is 0 Å². The maximum absolute atomic E-state index is 13.2. The second-order valence-corrected chi connectivity index (χ2v) is 4.20. The van der Waals surface area contributed by atoms with Gasteiger partial charge in [-0.15, -0.1) is 3.89 Å². The van der Waals surface area contributed by atoms with Crippen molar-refractivity contribution in [2.45, 2.75) is 4.90 Å². The van der Waals surface area contributed by atoms with Crippen molar-refractivity contribution >= 4 is 21.1 Å². The molecule has 6 heteroatoms. The lowest BCUT2D eigenvalue weighted by molar-refractivity contribution is 0.553. The summed E-state index contributed by atoms with van der Waals surface area (Å²) >= 11 is 0. The highest BCUT2D eigenvalue weighted by molar-refractivity contribution is 7.86. The third-order valence-corrected chi connectivity index (χ3v) is 2.80. The maximum atomic E-state index is 13.2. The maximum Gasteiger partial charge on any atom is 0.334 e.